The van der Waals surface area contributed by atoms with Gasteiger partial charge >= 0.3 is 6.16 Å². The molecule has 2 amide bonds. The lowest BCUT2D eigenvalue weighted by atomic mass is 10.2. The zero-order chi connectivity index (χ0) is 19.6. The van der Waals surface area contributed by atoms with Crippen molar-refractivity contribution in [3.63, 3.8) is 0 Å². The summed E-state index contributed by atoms with van der Waals surface area (Å²) in [7, 11) is 0. The number of benzene rings is 2. The van der Waals surface area contributed by atoms with Gasteiger partial charge in [-0.3, -0.25) is 9.59 Å². The minimum absolute atomic E-state index is 0.217. The highest BCUT2D eigenvalue weighted by molar-refractivity contribution is 9.10. The first-order valence-corrected chi connectivity index (χ1v) is 9.05. The highest BCUT2D eigenvalue weighted by atomic mass is 79.9. The van der Waals surface area contributed by atoms with Crippen molar-refractivity contribution >= 4 is 33.9 Å². The molecular weight excluding hydrogens is 416 g/mol. The average Bonchev–Trinajstić information content (AvgIpc) is 2.65. The van der Waals surface area contributed by atoms with Crippen LogP contribution in [-0.4, -0.2) is 37.7 Å². The van der Waals surface area contributed by atoms with E-state index in [4.69, 9.17) is 4.74 Å². The molecule has 0 saturated carbocycles. The van der Waals surface area contributed by atoms with Crippen molar-refractivity contribution in [2.24, 2.45) is 0 Å². The first-order chi connectivity index (χ1) is 13.0. The Kier molecular flexibility index (Phi) is 7.81. The van der Waals surface area contributed by atoms with E-state index >= 15 is 0 Å². The third-order valence-corrected chi connectivity index (χ3v) is 3.86. The fraction of sp³-hybridized carbons (Fsp3) is 0.211. The Labute approximate surface area is 165 Å². The summed E-state index contributed by atoms with van der Waals surface area (Å²) in [5, 5.41) is 5.43. The zero-order valence-corrected chi connectivity index (χ0v) is 16.2. The SMILES string of the molecule is CCOC(=O)Oc1ccc(C(=O)NCCNC(=O)c2cccc(Br)c2)cc1. The molecule has 7 nitrogen and oxygen atoms in total. The van der Waals surface area contributed by atoms with Crippen molar-refractivity contribution in [3.05, 3.63) is 64.1 Å². The van der Waals surface area contributed by atoms with E-state index in [0.717, 1.165) is 4.47 Å². The van der Waals surface area contributed by atoms with Crippen molar-refractivity contribution < 1.29 is 23.9 Å². The lowest BCUT2D eigenvalue weighted by Gasteiger charge is -2.08. The van der Waals surface area contributed by atoms with Crippen LogP contribution in [0.5, 0.6) is 5.75 Å². The Morgan fingerprint density at radius 2 is 1.56 bits per heavy atom. The molecule has 0 atom stereocenters. The first-order valence-electron chi connectivity index (χ1n) is 8.26. The maximum atomic E-state index is 12.1. The van der Waals surface area contributed by atoms with Crippen LogP contribution in [0.2, 0.25) is 0 Å². The third-order valence-electron chi connectivity index (χ3n) is 3.36. The van der Waals surface area contributed by atoms with Crippen LogP contribution < -0.4 is 15.4 Å². The van der Waals surface area contributed by atoms with E-state index in [0.29, 0.717) is 17.7 Å². The molecule has 27 heavy (non-hydrogen) atoms. The van der Waals surface area contributed by atoms with Crippen LogP contribution in [-0.2, 0) is 4.74 Å². The lowest BCUT2D eigenvalue weighted by molar-refractivity contribution is 0.0927. The van der Waals surface area contributed by atoms with Crippen molar-refractivity contribution in [3.8, 4) is 5.75 Å². The minimum Gasteiger partial charge on any atom is -0.434 e. The van der Waals surface area contributed by atoms with Crippen LogP contribution in [0.3, 0.4) is 0 Å². The first kappa shape index (κ1) is 20.4. The summed E-state index contributed by atoms with van der Waals surface area (Å²) in [6.45, 7) is 2.47. The number of hydrogen-bond acceptors (Lipinski definition) is 5. The lowest BCUT2D eigenvalue weighted by Crippen LogP contribution is -2.34. The van der Waals surface area contributed by atoms with Crippen LogP contribution in [0.15, 0.2) is 53.0 Å². The van der Waals surface area contributed by atoms with Crippen LogP contribution in [0, 0.1) is 0 Å². The maximum absolute atomic E-state index is 12.1. The van der Waals surface area contributed by atoms with E-state index < -0.39 is 6.16 Å². The molecule has 2 aromatic carbocycles. The van der Waals surface area contributed by atoms with Gasteiger partial charge in [0.15, 0.2) is 0 Å². The summed E-state index contributed by atoms with van der Waals surface area (Å²) in [6, 6.07) is 13.1. The number of nitrogens with one attached hydrogen (secondary N) is 2. The van der Waals surface area contributed by atoms with Gasteiger partial charge in [0.25, 0.3) is 11.8 Å². The van der Waals surface area contributed by atoms with Gasteiger partial charge in [0, 0.05) is 28.7 Å². The fourth-order valence-corrected chi connectivity index (χ4v) is 2.50. The molecule has 2 N–H and O–H groups in total. The quantitative estimate of drug-likeness (QED) is 0.396. The van der Waals surface area contributed by atoms with E-state index in [9.17, 15) is 14.4 Å². The summed E-state index contributed by atoms with van der Waals surface area (Å²) in [6.07, 6.45) is -0.795. The summed E-state index contributed by atoms with van der Waals surface area (Å²) in [5.74, 6) is -0.230. The second-order valence-electron chi connectivity index (χ2n) is 5.33. The number of ether oxygens (including phenoxy) is 2. The van der Waals surface area contributed by atoms with Gasteiger partial charge in [-0.05, 0) is 49.4 Å². The molecule has 0 saturated heterocycles. The van der Waals surface area contributed by atoms with Gasteiger partial charge in [-0.25, -0.2) is 4.79 Å². The summed E-state index contributed by atoms with van der Waals surface area (Å²) >= 11 is 3.31. The topological polar surface area (TPSA) is 93.7 Å². The van der Waals surface area contributed by atoms with Gasteiger partial charge in [-0.2, -0.15) is 0 Å². The minimum atomic E-state index is -0.795. The smallest absolute Gasteiger partial charge is 0.434 e. The van der Waals surface area contributed by atoms with E-state index in [1.54, 1.807) is 25.1 Å². The zero-order valence-electron chi connectivity index (χ0n) is 14.7. The number of carbonyl (C=O) groups excluding carboxylic acids is 3. The van der Waals surface area contributed by atoms with Gasteiger partial charge in [-0.1, -0.05) is 22.0 Å². The largest absolute Gasteiger partial charge is 0.513 e. The summed E-state index contributed by atoms with van der Waals surface area (Å²) in [5.41, 5.74) is 0.942. The molecule has 0 spiro atoms. The van der Waals surface area contributed by atoms with Gasteiger partial charge in [0.05, 0.1) is 6.61 Å². The van der Waals surface area contributed by atoms with E-state index in [-0.39, 0.29) is 30.7 Å². The third kappa shape index (κ3) is 6.74. The van der Waals surface area contributed by atoms with Crippen LogP contribution in [0.4, 0.5) is 4.79 Å². The Hall–Kier alpha value is -2.87. The number of hydrogen-bond donors (Lipinski definition) is 2. The molecule has 0 bridgehead atoms. The molecule has 0 aliphatic heterocycles. The molecule has 0 unspecified atom stereocenters. The van der Waals surface area contributed by atoms with Crippen LogP contribution in [0.1, 0.15) is 27.6 Å². The highest BCUT2D eigenvalue weighted by Gasteiger charge is 2.09. The van der Waals surface area contributed by atoms with E-state index in [1.165, 1.54) is 24.3 Å². The average molecular weight is 435 g/mol. The Balaban J connectivity index is 1.75. The molecule has 0 fully saturated rings. The fourth-order valence-electron chi connectivity index (χ4n) is 2.10. The monoisotopic (exact) mass is 434 g/mol. The normalized spacial score (nSPS) is 10.0. The number of halogens is 1. The second-order valence-corrected chi connectivity index (χ2v) is 6.25. The molecule has 8 heteroatoms. The van der Waals surface area contributed by atoms with Crippen molar-refractivity contribution in [1.82, 2.24) is 10.6 Å². The predicted molar refractivity (Wildman–Crippen MR) is 103 cm³/mol. The van der Waals surface area contributed by atoms with Crippen LogP contribution in [0.25, 0.3) is 0 Å². The molecule has 0 radical (unpaired) electrons. The van der Waals surface area contributed by atoms with Gasteiger partial charge in [0.2, 0.25) is 0 Å². The molecule has 0 aliphatic rings. The summed E-state index contributed by atoms with van der Waals surface area (Å²) in [4.78, 5) is 35.3. The van der Waals surface area contributed by atoms with Crippen molar-refractivity contribution in [2.45, 2.75) is 6.92 Å². The number of amides is 2. The van der Waals surface area contributed by atoms with Gasteiger partial charge < -0.3 is 20.1 Å². The molecule has 142 valence electrons. The summed E-state index contributed by atoms with van der Waals surface area (Å²) < 4.78 is 10.4. The second kappa shape index (κ2) is 10.3. The molecule has 2 aromatic rings. The Morgan fingerprint density at radius 3 is 2.15 bits per heavy atom. The molecule has 0 heterocycles. The van der Waals surface area contributed by atoms with E-state index in [1.807, 2.05) is 6.07 Å². The van der Waals surface area contributed by atoms with Crippen LogP contribution >= 0.6 is 15.9 Å². The molecule has 0 aliphatic carbocycles. The van der Waals surface area contributed by atoms with Gasteiger partial charge in [0.1, 0.15) is 5.75 Å². The van der Waals surface area contributed by atoms with E-state index in [2.05, 4.69) is 31.3 Å². The number of rotatable bonds is 7. The standard InChI is InChI=1S/C19H19BrN2O5/c1-2-26-19(25)27-16-8-6-13(7-9-16)17(23)21-10-11-22-18(24)14-4-3-5-15(20)12-14/h3-9,12H,2,10-11H2,1H3,(H,21,23)(H,22,24). The maximum Gasteiger partial charge on any atom is 0.513 e. The Morgan fingerprint density at radius 1 is 0.926 bits per heavy atom. The molecule has 0 aromatic heterocycles. The molecule has 2 rings (SSSR count). The number of carbonyl (C=O) groups is 3. The van der Waals surface area contributed by atoms with Gasteiger partial charge in [-0.15, -0.1) is 0 Å². The highest BCUT2D eigenvalue weighted by Crippen LogP contribution is 2.13. The van der Waals surface area contributed by atoms with Crippen molar-refractivity contribution in [2.75, 3.05) is 19.7 Å². The molecular formula is C19H19BrN2O5. The predicted octanol–water partition coefficient (Wildman–Crippen LogP) is 3.14. The van der Waals surface area contributed by atoms with Crippen molar-refractivity contribution in [1.29, 1.82) is 0 Å². The Bertz CT molecular complexity index is 808.